The third kappa shape index (κ3) is 3.85. The molecule has 3 N–H and O–H groups in total. The van der Waals surface area contributed by atoms with Gasteiger partial charge in [-0.1, -0.05) is 23.4 Å². The molecule has 3 aromatic rings. The van der Waals surface area contributed by atoms with Crippen molar-refractivity contribution in [3.63, 3.8) is 0 Å². The van der Waals surface area contributed by atoms with Crippen LogP contribution < -0.4 is 11.1 Å². The minimum absolute atomic E-state index is 0.0901. The molecular formula is C18H16N6O4. The minimum atomic E-state index is -0.552. The molecule has 0 saturated carbocycles. The number of carbonyl (C=O) groups excluding carboxylic acids is 2. The summed E-state index contributed by atoms with van der Waals surface area (Å²) < 4.78 is 1.36. The van der Waals surface area contributed by atoms with Crippen LogP contribution in [-0.4, -0.2) is 31.7 Å². The van der Waals surface area contributed by atoms with Crippen molar-refractivity contribution >= 4 is 17.5 Å². The van der Waals surface area contributed by atoms with E-state index in [9.17, 15) is 19.7 Å². The molecule has 1 aromatic heterocycles. The molecule has 0 aliphatic carbocycles. The van der Waals surface area contributed by atoms with Crippen LogP contribution in [-0.2, 0) is 6.54 Å². The first-order chi connectivity index (χ1) is 13.4. The predicted octanol–water partition coefficient (Wildman–Crippen LogP) is 1.51. The first kappa shape index (κ1) is 18.7. The molecule has 2 aromatic carbocycles. The highest BCUT2D eigenvalue weighted by Gasteiger charge is 2.18. The van der Waals surface area contributed by atoms with Crippen LogP contribution in [0.5, 0.6) is 0 Å². The predicted molar refractivity (Wildman–Crippen MR) is 98.9 cm³/mol. The lowest BCUT2D eigenvalue weighted by Gasteiger charge is -2.06. The van der Waals surface area contributed by atoms with Crippen LogP contribution in [0.2, 0.25) is 0 Å². The molecule has 142 valence electrons. The molecule has 0 radical (unpaired) electrons. The molecule has 0 bridgehead atoms. The van der Waals surface area contributed by atoms with Crippen molar-refractivity contribution in [1.82, 2.24) is 20.3 Å². The molecule has 0 aliphatic rings. The van der Waals surface area contributed by atoms with E-state index in [4.69, 9.17) is 5.73 Å². The number of amides is 2. The van der Waals surface area contributed by atoms with E-state index in [-0.39, 0.29) is 17.9 Å². The maximum atomic E-state index is 12.5. The lowest BCUT2D eigenvalue weighted by atomic mass is 10.1. The summed E-state index contributed by atoms with van der Waals surface area (Å²) in [5.74, 6) is -1.01. The van der Waals surface area contributed by atoms with Crippen molar-refractivity contribution in [1.29, 1.82) is 0 Å². The number of benzene rings is 2. The summed E-state index contributed by atoms with van der Waals surface area (Å²) in [4.78, 5) is 34.1. The van der Waals surface area contributed by atoms with Crippen molar-refractivity contribution < 1.29 is 14.5 Å². The lowest BCUT2D eigenvalue weighted by Crippen LogP contribution is -2.24. The van der Waals surface area contributed by atoms with Crippen LogP contribution >= 0.6 is 0 Å². The van der Waals surface area contributed by atoms with E-state index in [0.717, 1.165) is 0 Å². The normalized spacial score (nSPS) is 10.5. The maximum absolute atomic E-state index is 12.5. The molecule has 0 aliphatic heterocycles. The van der Waals surface area contributed by atoms with Gasteiger partial charge in [-0.05, 0) is 30.7 Å². The highest BCUT2D eigenvalue weighted by Crippen LogP contribution is 2.18. The number of hydrogen-bond donors (Lipinski definition) is 2. The fraction of sp³-hybridized carbons (Fsp3) is 0.111. The topological polar surface area (TPSA) is 146 Å². The van der Waals surface area contributed by atoms with Gasteiger partial charge in [0.05, 0.1) is 16.3 Å². The molecule has 0 atom stereocenters. The van der Waals surface area contributed by atoms with Gasteiger partial charge in [0.15, 0.2) is 5.69 Å². The third-order valence-electron chi connectivity index (χ3n) is 4.06. The average molecular weight is 380 g/mol. The van der Waals surface area contributed by atoms with Gasteiger partial charge >= 0.3 is 0 Å². The number of carbonyl (C=O) groups is 2. The highest BCUT2D eigenvalue weighted by atomic mass is 16.6. The Morgan fingerprint density at radius 3 is 2.68 bits per heavy atom. The third-order valence-corrected chi connectivity index (χ3v) is 4.06. The Balaban J connectivity index is 1.77. The molecule has 10 nitrogen and oxygen atoms in total. The SMILES string of the molecule is Cc1c(C(=O)NCc2cccc(C(N)=O)c2)nnn1-c1cccc([N+](=O)[O-])c1. The van der Waals surface area contributed by atoms with Crippen LogP contribution in [0, 0.1) is 17.0 Å². The molecule has 0 unspecified atom stereocenters. The van der Waals surface area contributed by atoms with Gasteiger partial charge in [0.2, 0.25) is 5.91 Å². The summed E-state index contributed by atoms with van der Waals surface area (Å²) in [5, 5.41) is 21.4. The van der Waals surface area contributed by atoms with Gasteiger partial charge in [0.1, 0.15) is 0 Å². The molecule has 0 saturated heterocycles. The second-order valence-electron chi connectivity index (χ2n) is 5.96. The van der Waals surface area contributed by atoms with Crippen LogP contribution in [0.15, 0.2) is 48.5 Å². The summed E-state index contributed by atoms with van der Waals surface area (Å²) in [6, 6.07) is 12.5. The van der Waals surface area contributed by atoms with Gasteiger partial charge in [-0.3, -0.25) is 19.7 Å². The van der Waals surface area contributed by atoms with Crippen LogP contribution in [0.1, 0.15) is 32.1 Å². The van der Waals surface area contributed by atoms with E-state index in [1.54, 1.807) is 37.3 Å². The summed E-state index contributed by atoms with van der Waals surface area (Å²) in [6.07, 6.45) is 0. The largest absolute Gasteiger partial charge is 0.366 e. The molecule has 0 spiro atoms. The number of hydrogen-bond acceptors (Lipinski definition) is 6. The van der Waals surface area contributed by atoms with Crippen LogP contribution in [0.4, 0.5) is 5.69 Å². The fourth-order valence-corrected chi connectivity index (χ4v) is 2.62. The molecular weight excluding hydrogens is 364 g/mol. The number of rotatable bonds is 6. The van der Waals surface area contributed by atoms with Crippen LogP contribution in [0.3, 0.4) is 0 Å². The molecule has 28 heavy (non-hydrogen) atoms. The fourth-order valence-electron chi connectivity index (χ4n) is 2.62. The number of nitrogens with two attached hydrogens (primary N) is 1. The zero-order valence-electron chi connectivity index (χ0n) is 14.8. The summed E-state index contributed by atoms with van der Waals surface area (Å²) >= 11 is 0. The maximum Gasteiger partial charge on any atom is 0.274 e. The van der Waals surface area contributed by atoms with E-state index in [1.165, 1.54) is 22.9 Å². The summed E-state index contributed by atoms with van der Waals surface area (Å²) in [5.41, 5.74) is 7.16. The number of nitro benzene ring substituents is 1. The number of aromatic nitrogens is 3. The van der Waals surface area contributed by atoms with Gasteiger partial charge in [-0.25, -0.2) is 4.68 Å². The van der Waals surface area contributed by atoms with E-state index < -0.39 is 16.7 Å². The van der Waals surface area contributed by atoms with Gasteiger partial charge in [0.25, 0.3) is 11.6 Å². The van der Waals surface area contributed by atoms with Crippen LogP contribution in [0.25, 0.3) is 5.69 Å². The first-order valence-corrected chi connectivity index (χ1v) is 8.21. The Kier molecular flexibility index (Phi) is 5.12. The van der Waals surface area contributed by atoms with Crippen molar-refractivity contribution in [2.75, 3.05) is 0 Å². The zero-order valence-corrected chi connectivity index (χ0v) is 14.8. The van der Waals surface area contributed by atoms with E-state index in [0.29, 0.717) is 22.5 Å². The van der Waals surface area contributed by atoms with Gasteiger partial charge < -0.3 is 11.1 Å². The van der Waals surface area contributed by atoms with Gasteiger partial charge in [-0.15, -0.1) is 5.10 Å². The molecule has 2 amide bonds. The quantitative estimate of drug-likeness (QED) is 0.489. The monoisotopic (exact) mass is 380 g/mol. The number of nitrogens with one attached hydrogen (secondary N) is 1. The molecule has 10 heteroatoms. The number of nitrogens with zero attached hydrogens (tertiary/aromatic N) is 4. The molecule has 0 fully saturated rings. The molecule has 1 heterocycles. The Bertz CT molecular complexity index is 1080. The Labute approximate surface area is 159 Å². The first-order valence-electron chi connectivity index (χ1n) is 8.21. The smallest absolute Gasteiger partial charge is 0.274 e. The Morgan fingerprint density at radius 1 is 1.21 bits per heavy atom. The van der Waals surface area contributed by atoms with Crippen molar-refractivity contribution in [2.24, 2.45) is 5.73 Å². The van der Waals surface area contributed by atoms with E-state index in [2.05, 4.69) is 15.6 Å². The Hall–Kier alpha value is -4.08. The number of nitro groups is 1. The minimum Gasteiger partial charge on any atom is -0.366 e. The van der Waals surface area contributed by atoms with E-state index in [1.807, 2.05) is 0 Å². The lowest BCUT2D eigenvalue weighted by molar-refractivity contribution is -0.384. The highest BCUT2D eigenvalue weighted by molar-refractivity contribution is 5.94. The van der Waals surface area contributed by atoms with Crippen molar-refractivity contribution in [3.8, 4) is 5.69 Å². The summed E-state index contributed by atoms with van der Waals surface area (Å²) in [7, 11) is 0. The van der Waals surface area contributed by atoms with Gasteiger partial charge in [-0.2, -0.15) is 0 Å². The Morgan fingerprint density at radius 2 is 1.96 bits per heavy atom. The average Bonchev–Trinajstić information content (AvgIpc) is 3.08. The van der Waals surface area contributed by atoms with Crippen molar-refractivity contribution in [2.45, 2.75) is 13.5 Å². The number of non-ortho nitro benzene ring substituents is 1. The second-order valence-corrected chi connectivity index (χ2v) is 5.96. The standard InChI is InChI=1S/C18H16N6O4/c1-11-16(18(26)20-10-12-4-2-5-13(8-12)17(19)25)21-22-23(11)14-6-3-7-15(9-14)24(27)28/h2-9H,10H2,1H3,(H2,19,25)(H,20,26). The van der Waals surface area contributed by atoms with E-state index >= 15 is 0 Å². The second kappa shape index (κ2) is 7.66. The number of primary amides is 1. The molecule has 3 rings (SSSR count). The van der Waals surface area contributed by atoms with Crippen molar-refractivity contribution in [3.05, 3.63) is 81.2 Å². The van der Waals surface area contributed by atoms with Gasteiger partial charge in [0, 0.05) is 24.2 Å². The summed E-state index contributed by atoms with van der Waals surface area (Å²) in [6.45, 7) is 1.81. The zero-order chi connectivity index (χ0) is 20.3.